The average molecular weight is 269 g/mol. The first-order valence-corrected chi connectivity index (χ1v) is 8.03. The molecule has 1 aromatic heterocycles. The Morgan fingerprint density at radius 2 is 2.28 bits per heavy atom. The summed E-state index contributed by atoms with van der Waals surface area (Å²) in [7, 11) is 2.20. The first kappa shape index (κ1) is 13.8. The molecule has 18 heavy (non-hydrogen) atoms. The summed E-state index contributed by atoms with van der Waals surface area (Å²) in [4.78, 5) is 2.42. The molecule has 1 aliphatic rings. The number of nitrogens with zero attached hydrogens (tertiary/aromatic N) is 5. The Labute approximate surface area is 113 Å². The highest BCUT2D eigenvalue weighted by molar-refractivity contribution is 7.99. The highest BCUT2D eigenvalue weighted by atomic mass is 32.2. The van der Waals surface area contributed by atoms with Crippen molar-refractivity contribution in [3.8, 4) is 0 Å². The van der Waals surface area contributed by atoms with E-state index < -0.39 is 0 Å². The summed E-state index contributed by atoms with van der Waals surface area (Å²) >= 11 is 2.00. The lowest BCUT2D eigenvalue weighted by atomic mass is 10.2. The molecule has 5 nitrogen and oxygen atoms in total. The molecule has 2 rings (SSSR count). The molecule has 0 radical (unpaired) electrons. The van der Waals surface area contributed by atoms with Gasteiger partial charge in [0.1, 0.15) is 0 Å². The monoisotopic (exact) mass is 269 g/mol. The maximum atomic E-state index is 4.15. The molecule has 0 aromatic carbocycles. The lowest BCUT2D eigenvalue weighted by molar-refractivity contribution is 0.231. The van der Waals surface area contributed by atoms with Gasteiger partial charge in [0.15, 0.2) is 5.82 Å². The fourth-order valence-corrected chi connectivity index (χ4v) is 3.81. The third-order valence-corrected chi connectivity index (χ3v) is 4.87. The number of thioether (sulfide) groups is 1. The van der Waals surface area contributed by atoms with Gasteiger partial charge in [-0.1, -0.05) is 13.3 Å². The van der Waals surface area contributed by atoms with Gasteiger partial charge in [0.25, 0.3) is 0 Å². The summed E-state index contributed by atoms with van der Waals surface area (Å²) in [5.74, 6) is 0.992. The lowest BCUT2D eigenvalue weighted by Crippen LogP contribution is -2.36. The van der Waals surface area contributed by atoms with Crippen LogP contribution in [0.3, 0.4) is 0 Å². The van der Waals surface area contributed by atoms with Gasteiger partial charge >= 0.3 is 0 Å². The van der Waals surface area contributed by atoms with Crippen LogP contribution in [0.1, 0.15) is 38.4 Å². The summed E-state index contributed by atoms with van der Waals surface area (Å²) in [6, 6.07) is 0.673. The van der Waals surface area contributed by atoms with E-state index in [2.05, 4.69) is 40.7 Å². The Bertz CT molecular complexity index is 367. The van der Waals surface area contributed by atoms with Crippen LogP contribution in [0.25, 0.3) is 0 Å². The van der Waals surface area contributed by atoms with Crippen molar-refractivity contribution in [3.05, 3.63) is 5.82 Å². The van der Waals surface area contributed by atoms with Crippen molar-refractivity contribution in [1.29, 1.82) is 0 Å². The van der Waals surface area contributed by atoms with Gasteiger partial charge in [-0.25, -0.2) is 4.68 Å². The van der Waals surface area contributed by atoms with E-state index in [1.165, 1.54) is 19.3 Å². The van der Waals surface area contributed by atoms with Gasteiger partial charge in [-0.05, 0) is 43.0 Å². The zero-order valence-corrected chi connectivity index (χ0v) is 12.4. The molecular weight excluding hydrogens is 246 g/mol. The van der Waals surface area contributed by atoms with E-state index in [1.54, 1.807) is 0 Å². The maximum Gasteiger partial charge on any atom is 0.165 e. The topological polar surface area (TPSA) is 46.8 Å². The summed E-state index contributed by atoms with van der Waals surface area (Å²) in [6.45, 7) is 3.91. The highest BCUT2D eigenvalue weighted by Gasteiger charge is 2.30. The molecule has 1 aromatic rings. The lowest BCUT2D eigenvalue weighted by Gasteiger charge is -2.28. The zero-order chi connectivity index (χ0) is 13.0. The van der Waals surface area contributed by atoms with Gasteiger partial charge in [0, 0.05) is 17.8 Å². The molecule has 2 atom stereocenters. The van der Waals surface area contributed by atoms with Crippen molar-refractivity contribution in [2.75, 3.05) is 13.3 Å². The molecule has 0 N–H and O–H groups in total. The van der Waals surface area contributed by atoms with Crippen molar-refractivity contribution >= 4 is 11.8 Å². The molecule has 1 aliphatic carbocycles. The smallest absolute Gasteiger partial charge is 0.165 e. The van der Waals surface area contributed by atoms with Crippen molar-refractivity contribution < 1.29 is 0 Å². The van der Waals surface area contributed by atoms with Crippen LogP contribution in [0.15, 0.2) is 0 Å². The van der Waals surface area contributed by atoms with Gasteiger partial charge in [-0.3, -0.25) is 4.90 Å². The second-order valence-electron chi connectivity index (χ2n) is 5.01. The van der Waals surface area contributed by atoms with Crippen LogP contribution in [0.5, 0.6) is 0 Å². The van der Waals surface area contributed by atoms with E-state index >= 15 is 0 Å². The quantitative estimate of drug-likeness (QED) is 0.788. The Hall–Kier alpha value is -0.620. The second kappa shape index (κ2) is 6.52. The van der Waals surface area contributed by atoms with E-state index in [9.17, 15) is 0 Å². The van der Waals surface area contributed by atoms with Crippen molar-refractivity contribution in [2.24, 2.45) is 0 Å². The van der Waals surface area contributed by atoms with Crippen LogP contribution in [0.4, 0.5) is 0 Å². The number of tetrazole rings is 1. The second-order valence-corrected chi connectivity index (χ2v) is 6.08. The molecule has 0 bridgehead atoms. The molecule has 0 unspecified atom stereocenters. The number of hydrogen-bond donors (Lipinski definition) is 0. The molecule has 1 saturated carbocycles. The van der Waals surface area contributed by atoms with Crippen LogP contribution < -0.4 is 0 Å². The molecule has 0 spiro atoms. The molecule has 0 aliphatic heterocycles. The Kier molecular flexibility index (Phi) is 5.00. The fourth-order valence-electron chi connectivity index (χ4n) is 2.75. The van der Waals surface area contributed by atoms with Gasteiger partial charge in [-0.2, -0.15) is 11.8 Å². The number of rotatable bonds is 6. The standard InChI is InChI=1S/C12H23N5S/c1-4-8-17-12(13-14-15-17)9-16(2)10-6-5-7-11(10)18-3/h10-11H,4-9H2,1-3H3/t10-,11-/m0/s1. The molecule has 1 fully saturated rings. The summed E-state index contributed by atoms with van der Waals surface area (Å²) in [5, 5.41) is 12.8. The normalized spacial score (nSPS) is 24.0. The predicted molar refractivity (Wildman–Crippen MR) is 74.5 cm³/mol. The van der Waals surface area contributed by atoms with Crippen molar-refractivity contribution in [3.63, 3.8) is 0 Å². The maximum absolute atomic E-state index is 4.15. The van der Waals surface area contributed by atoms with E-state index in [0.29, 0.717) is 6.04 Å². The predicted octanol–water partition coefficient (Wildman–Crippen LogP) is 1.80. The highest BCUT2D eigenvalue weighted by Crippen LogP contribution is 2.31. The van der Waals surface area contributed by atoms with E-state index in [0.717, 1.165) is 30.6 Å². The molecule has 6 heteroatoms. The molecule has 102 valence electrons. The van der Waals surface area contributed by atoms with Crippen LogP contribution in [-0.4, -0.2) is 49.7 Å². The minimum atomic E-state index is 0.673. The summed E-state index contributed by atoms with van der Waals surface area (Å²) in [5.41, 5.74) is 0. The Morgan fingerprint density at radius 3 is 3.00 bits per heavy atom. The van der Waals surface area contributed by atoms with E-state index in [-0.39, 0.29) is 0 Å². The van der Waals surface area contributed by atoms with Gasteiger partial charge in [0.2, 0.25) is 0 Å². The number of aromatic nitrogens is 4. The minimum absolute atomic E-state index is 0.673. The van der Waals surface area contributed by atoms with Crippen LogP contribution in [0, 0.1) is 0 Å². The number of aryl methyl sites for hydroxylation is 1. The molecule has 0 saturated heterocycles. The van der Waals surface area contributed by atoms with Crippen LogP contribution in [-0.2, 0) is 13.1 Å². The van der Waals surface area contributed by atoms with E-state index in [1.807, 2.05) is 16.4 Å². The average Bonchev–Trinajstić information content (AvgIpc) is 2.98. The van der Waals surface area contributed by atoms with Gasteiger partial charge < -0.3 is 0 Å². The minimum Gasteiger partial charge on any atom is -0.295 e. The first-order chi connectivity index (χ1) is 8.76. The number of hydrogen-bond acceptors (Lipinski definition) is 5. The third-order valence-electron chi connectivity index (χ3n) is 3.72. The molecular formula is C12H23N5S. The Morgan fingerprint density at radius 1 is 1.44 bits per heavy atom. The fraction of sp³-hybridized carbons (Fsp3) is 0.917. The third kappa shape index (κ3) is 3.03. The van der Waals surface area contributed by atoms with Gasteiger partial charge in [0.05, 0.1) is 6.54 Å². The molecule has 0 amide bonds. The van der Waals surface area contributed by atoms with Crippen LogP contribution in [0.2, 0.25) is 0 Å². The summed E-state index contributed by atoms with van der Waals surface area (Å²) in [6.07, 6.45) is 7.28. The molecule has 1 heterocycles. The van der Waals surface area contributed by atoms with Crippen molar-refractivity contribution in [2.45, 2.75) is 57.0 Å². The van der Waals surface area contributed by atoms with E-state index in [4.69, 9.17) is 0 Å². The largest absolute Gasteiger partial charge is 0.295 e. The Balaban J connectivity index is 1.97. The first-order valence-electron chi connectivity index (χ1n) is 6.74. The van der Waals surface area contributed by atoms with Crippen molar-refractivity contribution in [1.82, 2.24) is 25.1 Å². The summed E-state index contributed by atoms with van der Waals surface area (Å²) < 4.78 is 1.93. The SMILES string of the molecule is CCCn1nnnc1CN(C)[C@H]1CCC[C@@H]1SC. The van der Waals surface area contributed by atoms with Crippen LogP contribution >= 0.6 is 11.8 Å². The van der Waals surface area contributed by atoms with Gasteiger partial charge in [-0.15, -0.1) is 5.10 Å². The zero-order valence-electron chi connectivity index (χ0n) is 11.5.